The number of aromatic nitrogens is 3. The molecule has 206 valence electrons. The van der Waals surface area contributed by atoms with E-state index in [4.69, 9.17) is 4.74 Å². The van der Waals surface area contributed by atoms with Crippen molar-refractivity contribution in [2.45, 2.75) is 50.7 Å². The van der Waals surface area contributed by atoms with Crippen LogP contribution in [-0.2, 0) is 24.2 Å². The number of methoxy groups -OCH3 is 1. The predicted molar refractivity (Wildman–Crippen MR) is 144 cm³/mol. The van der Waals surface area contributed by atoms with Gasteiger partial charge in [-0.05, 0) is 42.7 Å². The number of alkyl halides is 3. The van der Waals surface area contributed by atoms with Gasteiger partial charge in [0, 0.05) is 48.6 Å². The fourth-order valence-electron chi connectivity index (χ4n) is 5.11. The SMILES string of the molecule is CO[C@H](CO)Cn1c(C#N)cc2cc(CN3CCC(Nc4ncnc5sc(CC(F)(F)F)cc45)CC3)ccc21. The van der Waals surface area contributed by atoms with Crippen molar-refractivity contribution in [3.8, 4) is 6.07 Å². The number of rotatable bonds is 9. The number of piperidine rings is 1. The lowest BCUT2D eigenvalue weighted by molar-refractivity contribution is -0.126. The molecule has 1 fully saturated rings. The molecular weight excluding hydrogens is 529 g/mol. The smallest absolute Gasteiger partial charge is 0.393 e. The van der Waals surface area contributed by atoms with E-state index in [1.54, 1.807) is 13.2 Å². The second-order valence-corrected chi connectivity index (χ2v) is 10.9. The number of nitrogens with zero attached hydrogens (tertiary/aromatic N) is 5. The molecule has 1 aliphatic rings. The molecule has 4 heterocycles. The summed E-state index contributed by atoms with van der Waals surface area (Å²) in [5, 5.41) is 24.1. The number of aliphatic hydroxyl groups is 1. The first-order valence-electron chi connectivity index (χ1n) is 12.7. The van der Waals surface area contributed by atoms with Crippen molar-refractivity contribution in [3.05, 3.63) is 52.8 Å². The van der Waals surface area contributed by atoms with Gasteiger partial charge in [0.25, 0.3) is 0 Å². The molecule has 4 aromatic rings. The Balaban J connectivity index is 1.21. The molecule has 5 rings (SSSR count). The standard InChI is InChI=1S/C27H29F3N6O2S/c1-38-21(15-37)14-36-20(12-31)9-18-8-17(2-3-24(18)36)13-35-6-4-19(5-7-35)34-25-23-10-22(11-27(28,29)30)39-26(23)33-16-32-25/h2-3,8-10,16,19,21,37H,4-7,11,13-15H2,1H3,(H,32,33,34)/t21-/m0/s1. The van der Waals surface area contributed by atoms with Gasteiger partial charge in [0.05, 0.1) is 31.1 Å². The minimum atomic E-state index is -4.26. The number of nitriles is 1. The molecule has 0 unspecified atom stereocenters. The summed E-state index contributed by atoms with van der Waals surface area (Å²) in [6, 6.07) is 12.0. The first-order chi connectivity index (χ1) is 18.8. The third kappa shape index (κ3) is 6.33. The minimum Gasteiger partial charge on any atom is -0.394 e. The van der Waals surface area contributed by atoms with Crippen LogP contribution < -0.4 is 5.32 Å². The number of fused-ring (bicyclic) bond motifs is 2. The highest BCUT2D eigenvalue weighted by molar-refractivity contribution is 7.18. The van der Waals surface area contributed by atoms with Crippen LogP contribution in [0.1, 0.15) is 29.0 Å². The minimum absolute atomic E-state index is 0.127. The Labute approximate surface area is 227 Å². The molecule has 1 saturated heterocycles. The van der Waals surface area contributed by atoms with Gasteiger partial charge in [-0.15, -0.1) is 11.3 Å². The molecular formula is C27H29F3N6O2S. The molecule has 1 aromatic carbocycles. The molecule has 3 aromatic heterocycles. The van der Waals surface area contributed by atoms with Gasteiger partial charge in [-0.2, -0.15) is 18.4 Å². The number of anilines is 1. The molecule has 2 N–H and O–H groups in total. The summed E-state index contributed by atoms with van der Waals surface area (Å²) >= 11 is 1.06. The normalized spacial score (nSPS) is 16.1. The highest BCUT2D eigenvalue weighted by atomic mass is 32.1. The van der Waals surface area contributed by atoms with E-state index in [-0.39, 0.29) is 23.6 Å². The quantitative estimate of drug-likeness (QED) is 0.307. The maximum absolute atomic E-state index is 12.8. The largest absolute Gasteiger partial charge is 0.394 e. The fraction of sp³-hybridized carbons (Fsp3) is 0.444. The Morgan fingerprint density at radius 2 is 2.03 bits per heavy atom. The van der Waals surface area contributed by atoms with Crippen LogP contribution in [0, 0.1) is 11.3 Å². The molecule has 1 atom stereocenters. The van der Waals surface area contributed by atoms with E-state index in [9.17, 15) is 23.5 Å². The first-order valence-corrected chi connectivity index (χ1v) is 13.5. The van der Waals surface area contributed by atoms with E-state index in [2.05, 4.69) is 38.4 Å². The summed E-state index contributed by atoms with van der Waals surface area (Å²) < 4.78 is 45.7. The lowest BCUT2D eigenvalue weighted by Gasteiger charge is -2.32. The predicted octanol–water partition coefficient (Wildman–Crippen LogP) is 4.71. The van der Waals surface area contributed by atoms with E-state index in [1.165, 1.54) is 6.33 Å². The number of nitrogens with one attached hydrogen (secondary N) is 1. The molecule has 0 amide bonds. The lowest BCUT2D eigenvalue weighted by atomic mass is 10.0. The van der Waals surface area contributed by atoms with Crippen LogP contribution in [0.15, 0.2) is 36.7 Å². The first kappa shape index (κ1) is 27.3. The monoisotopic (exact) mass is 558 g/mol. The van der Waals surface area contributed by atoms with E-state index in [0.29, 0.717) is 28.3 Å². The van der Waals surface area contributed by atoms with E-state index >= 15 is 0 Å². The maximum atomic E-state index is 12.8. The van der Waals surface area contributed by atoms with Gasteiger partial charge in [-0.3, -0.25) is 4.90 Å². The van der Waals surface area contributed by atoms with E-state index in [1.807, 2.05) is 16.7 Å². The molecule has 0 spiro atoms. The molecule has 0 radical (unpaired) electrons. The third-order valence-corrected chi connectivity index (χ3v) is 8.14. The van der Waals surface area contributed by atoms with Crippen LogP contribution in [0.4, 0.5) is 19.0 Å². The number of aliphatic hydroxyl groups excluding tert-OH is 1. The summed E-state index contributed by atoms with van der Waals surface area (Å²) in [5.41, 5.74) is 2.60. The molecule has 8 nitrogen and oxygen atoms in total. The number of hydrogen-bond donors (Lipinski definition) is 2. The highest BCUT2D eigenvalue weighted by Crippen LogP contribution is 2.33. The Bertz CT molecular complexity index is 1480. The Kier molecular flexibility index (Phi) is 8.04. The van der Waals surface area contributed by atoms with E-state index in [0.717, 1.165) is 60.3 Å². The average molecular weight is 559 g/mol. The zero-order chi connectivity index (χ0) is 27.6. The lowest BCUT2D eigenvalue weighted by Crippen LogP contribution is -2.38. The molecule has 0 saturated carbocycles. The summed E-state index contributed by atoms with van der Waals surface area (Å²) in [7, 11) is 1.54. The maximum Gasteiger partial charge on any atom is 0.393 e. The van der Waals surface area contributed by atoms with Crippen molar-refractivity contribution in [2.24, 2.45) is 0 Å². The molecule has 39 heavy (non-hydrogen) atoms. The molecule has 0 bridgehead atoms. The Morgan fingerprint density at radius 1 is 1.23 bits per heavy atom. The fourth-order valence-corrected chi connectivity index (χ4v) is 6.14. The van der Waals surface area contributed by atoms with Crippen molar-refractivity contribution < 1.29 is 23.0 Å². The highest BCUT2D eigenvalue weighted by Gasteiger charge is 2.29. The summed E-state index contributed by atoms with van der Waals surface area (Å²) in [6.45, 7) is 2.77. The summed E-state index contributed by atoms with van der Waals surface area (Å²) in [4.78, 5) is 11.6. The van der Waals surface area contributed by atoms with Crippen molar-refractivity contribution in [2.75, 3.05) is 32.1 Å². The van der Waals surface area contributed by atoms with Crippen molar-refractivity contribution in [3.63, 3.8) is 0 Å². The van der Waals surface area contributed by atoms with Gasteiger partial charge >= 0.3 is 6.18 Å². The molecule has 12 heteroatoms. The van der Waals surface area contributed by atoms with Crippen LogP contribution in [0.5, 0.6) is 0 Å². The second-order valence-electron chi connectivity index (χ2n) is 9.83. The van der Waals surface area contributed by atoms with Crippen LogP contribution in [0.3, 0.4) is 0 Å². The van der Waals surface area contributed by atoms with Crippen LogP contribution in [0.25, 0.3) is 21.1 Å². The van der Waals surface area contributed by atoms with Gasteiger partial charge in [-0.1, -0.05) is 6.07 Å². The average Bonchev–Trinajstić information content (AvgIpc) is 3.47. The third-order valence-electron chi connectivity index (χ3n) is 7.09. The van der Waals surface area contributed by atoms with Gasteiger partial charge in [0.15, 0.2) is 0 Å². The molecule has 1 aliphatic heterocycles. The van der Waals surface area contributed by atoms with Crippen molar-refractivity contribution >= 4 is 38.3 Å². The number of benzene rings is 1. The topological polar surface area (TPSA) is 99.2 Å². The summed E-state index contributed by atoms with van der Waals surface area (Å²) in [5.74, 6) is 0.586. The zero-order valence-corrected chi connectivity index (χ0v) is 22.2. The van der Waals surface area contributed by atoms with Crippen molar-refractivity contribution in [1.29, 1.82) is 5.26 Å². The number of ether oxygens (including phenoxy) is 1. The second kappa shape index (κ2) is 11.5. The van der Waals surface area contributed by atoms with Gasteiger partial charge in [0.2, 0.25) is 0 Å². The number of halogens is 3. The van der Waals surface area contributed by atoms with Crippen LogP contribution in [-0.4, -0.2) is 69.7 Å². The van der Waals surface area contributed by atoms with Gasteiger partial charge < -0.3 is 19.7 Å². The van der Waals surface area contributed by atoms with Gasteiger partial charge in [0.1, 0.15) is 28.7 Å². The molecule has 0 aliphatic carbocycles. The van der Waals surface area contributed by atoms with E-state index < -0.39 is 12.6 Å². The van der Waals surface area contributed by atoms with Crippen LogP contribution >= 0.6 is 11.3 Å². The number of hydrogen-bond acceptors (Lipinski definition) is 8. The Morgan fingerprint density at radius 3 is 2.72 bits per heavy atom. The number of thiophene rings is 1. The van der Waals surface area contributed by atoms with Gasteiger partial charge in [-0.25, -0.2) is 9.97 Å². The zero-order valence-electron chi connectivity index (χ0n) is 21.4. The van der Waals surface area contributed by atoms with Crippen molar-refractivity contribution in [1.82, 2.24) is 19.4 Å². The number of likely N-dealkylation sites (tertiary alicyclic amines) is 1. The summed E-state index contributed by atoms with van der Waals surface area (Å²) in [6.07, 6.45) is -2.45. The van der Waals surface area contributed by atoms with Crippen LogP contribution in [0.2, 0.25) is 0 Å². The Hall–Kier alpha value is -3.24.